The fourth-order valence-electron chi connectivity index (χ4n) is 7.42. The van der Waals surface area contributed by atoms with Gasteiger partial charge in [-0.1, -0.05) is 56.3 Å². The van der Waals surface area contributed by atoms with Gasteiger partial charge in [-0.3, -0.25) is 67.1 Å². The predicted octanol–water partition coefficient (Wildman–Crippen LogP) is -7.24. The van der Waals surface area contributed by atoms with Gasteiger partial charge >= 0.3 is 11.9 Å². The van der Waals surface area contributed by atoms with Gasteiger partial charge in [-0.15, -0.1) is 0 Å². The molecule has 0 aliphatic carbocycles. The summed E-state index contributed by atoms with van der Waals surface area (Å²) in [5, 5.41) is 46.6. The van der Waals surface area contributed by atoms with Crippen LogP contribution in [-0.2, 0) is 84.8 Å². The molecule has 0 heterocycles. The first-order chi connectivity index (χ1) is 37.9. The maximum Gasteiger partial charge on any atom is 0.326 e. The molecule has 2 aromatic rings. The zero-order chi connectivity index (χ0) is 61.3. The van der Waals surface area contributed by atoms with E-state index in [0.717, 1.165) is 0 Å². The van der Waals surface area contributed by atoms with E-state index >= 15 is 0 Å². The average Bonchev–Trinajstić information content (AvgIpc) is 3.36. The number of carbonyl (C=O) groups is 15. The summed E-state index contributed by atoms with van der Waals surface area (Å²) in [6, 6.07) is -2.90. The number of aliphatic carboxylic acids is 2. The number of rotatable bonds is 36. The number of aromatic hydroxyl groups is 1. The van der Waals surface area contributed by atoms with Gasteiger partial charge in [0.2, 0.25) is 76.8 Å². The Balaban J connectivity index is 2.48. The summed E-state index contributed by atoms with van der Waals surface area (Å²) >= 11 is 0. The van der Waals surface area contributed by atoms with Crippen molar-refractivity contribution < 1.29 is 87.2 Å². The van der Waals surface area contributed by atoms with E-state index < -0.39 is 188 Å². The van der Waals surface area contributed by atoms with Crippen LogP contribution in [0.4, 0.5) is 0 Å². The zero-order valence-corrected chi connectivity index (χ0v) is 44.0. The fourth-order valence-corrected chi connectivity index (χ4v) is 7.42. The molecule has 81 heavy (non-hydrogen) atoms. The number of carboxylic acid groups (broad SMARTS) is 2. The molecule has 0 saturated heterocycles. The van der Waals surface area contributed by atoms with Crippen molar-refractivity contribution in [2.75, 3.05) is 0 Å². The van der Waals surface area contributed by atoms with Crippen molar-refractivity contribution >= 4 is 88.7 Å². The van der Waals surface area contributed by atoms with Crippen molar-refractivity contribution in [3.8, 4) is 5.75 Å². The summed E-state index contributed by atoms with van der Waals surface area (Å²) < 4.78 is 0. The van der Waals surface area contributed by atoms with Gasteiger partial charge in [-0.25, -0.2) is 4.79 Å². The molecule has 23 N–H and O–H groups in total. The molecular weight excluding hydrogens is 1070 g/mol. The average molecular weight is 1140 g/mol. The molecule has 2 rings (SSSR count). The highest BCUT2D eigenvalue weighted by molar-refractivity contribution is 6.01. The van der Waals surface area contributed by atoms with E-state index in [1.807, 2.05) is 0 Å². The fraction of sp³-hybridized carbons (Fsp3) is 0.449. The van der Waals surface area contributed by atoms with Gasteiger partial charge in [0.05, 0.1) is 31.7 Å². The number of benzene rings is 2. The predicted molar refractivity (Wildman–Crippen MR) is 278 cm³/mol. The van der Waals surface area contributed by atoms with Crippen LogP contribution < -0.4 is 76.9 Å². The Morgan fingerprint density at radius 1 is 0.407 bits per heavy atom. The molecule has 0 aliphatic rings. The van der Waals surface area contributed by atoms with Crippen LogP contribution in [0.1, 0.15) is 76.3 Å². The van der Waals surface area contributed by atoms with E-state index in [1.165, 1.54) is 38.1 Å². The smallest absolute Gasteiger partial charge is 0.326 e. The standard InChI is InChI=1S/C49H68N14O18/c1-22(2)40(49(80)81)63-48(79)29(16-23-6-4-3-5-7-23)58-45(76)32(20-37(54)68)62-46(77)31(19-36(53)67)59-42(73)27(13-15-39(70)71)56-44(75)30(18-35(52)66)61-47(78)33(21-38(55)69)60-43(74)28(17-24-8-10-25(64)11-9-24)57-41(72)26(50)12-14-34(51)65/h3-11,22,26-33,40,64H,12-21,50H2,1-2H3,(H2,51,65)(H2,52,66)(H2,53,67)(H2,54,68)(H2,55,69)(H,56,75)(H,57,72)(H,58,76)(H,59,73)(H,60,74)(H,61,78)(H,62,77)(H,63,79)(H,70,71)(H,80,81)/t26-,27-,28-,29-,30-,31-,32-,33-,40-/m0/s1. The van der Waals surface area contributed by atoms with Gasteiger partial charge in [0.1, 0.15) is 54.1 Å². The second-order valence-electron chi connectivity index (χ2n) is 18.8. The van der Waals surface area contributed by atoms with Crippen LogP contribution in [0.2, 0.25) is 0 Å². The van der Waals surface area contributed by atoms with Crippen LogP contribution in [0.3, 0.4) is 0 Å². The number of amides is 13. The largest absolute Gasteiger partial charge is 0.508 e. The molecule has 0 unspecified atom stereocenters. The lowest BCUT2D eigenvalue weighted by Crippen LogP contribution is -2.61. The summed E-state index contributed by atoms with van der Waals surface area (Å²) in [6.45, 7) is 3.01. The van der Waals surface area contributed by atoms with Gasteiger partial charge in [-0.05, 0) is 42.0 Å². The van der Waals surface area contributed by atoms with Crippen molar-refractivity contribution in [1.82, 2.24) is 42.5 Å². The Bertz CT molecular complexity index is 2660. The quantitative estimate of drug-likeness (QED) is 0.0301. The molecular formula is C49H68N14O18. The van der Waals surface area contributed by atoms with Crippen LogP contribution in [0.15, 0.2) is 54.6 Å². The minimum absolute atomic E-state index is 0.165. The number of hydrogen-bond donors (Lipinski definition) is 17. The lowest BCUT2D eigenvalue weighted by molar-refractivity contribution is -0.143. The number of carbonyl (C=O) groups excluding carboxylic acids is 13. The summed E-state index contributed by atoms with van der Waals surface area (Å²) in [6.07, 6.45) is -6.97. The van der Waals surface area contributed by atoms with E-state index in [1.54, 1.807) is 30.3 Å². The Labute approximate surface area is 461 Å². The monoisotopic (exact) mass is 1140 g/mol. The Hall–Kier alpha value is -9.75. The molecule has 13 amide bonds. The van der Waals surface area contributed by atoms with Crippen molar-refractivity contribution in [3.63, 3.8) is 0 Å². The molecule has 0 aromatic heterocycles. The van der Waals surface area contributed by atoms with Gasteiger partial charge in [-0.2, -0.15) is 0 Å². The first-order valence-electron chi connectivity index (χ1n) is 24.7. The maximum absolute atomic E-state index is 13.9. The van der Waals surface area contributed by atoms with E-state index in [4.69, 9.17) is 34.4 Å². The lowest BCUT2D eigenvalue weighted by Gasteiger charge is -2.27. The van der Waals surface area contributed by atoms with Gasteiger partial charge in [0.15, 0.2) is 0 Å². The van der Waals surface area contributed by atoms with E-state index in [9.17, 15) is 87.2 Å². The second-order valence-corrected chi connectivity index (χ2v) is 18.8. The highest BCUT2D eigenvalue weighted by atomic mass is 16.4. The Morgan fingerprint density at radius 3 is 1.10 bits per heavy atom. The second kappa shape index (κ2) is 32.9. The van der Waals surface area contributed by atoms with Crippen molar-refractivity contribution in [2.45, 2.75) is 132 Å². The van der Waals surface area contributed by atoms with Crippen molar-refractivity contribution in [1.29, 1.82) is 0 Å². The molecule has 32 nitrogen and oxygen atoms in total. The highest BCUT2D eigenvalue weighted by Crippen LogP contribution is 2.14. The number of carboxylic acids is 2. The highest BCUT2D eigenvalue weighted by Gasteiger charge is 2.37. The zero-order valence-electron chi connectivity index (χ0n) is 44.0. The lowest BCUT2D eigenvalue weighted by atomic mass is 10.0. The first kappa shape index (κ1) is 67.4. The molecule has 0 saturated carbocycles. The molecule has 0 aliphatic heterocycles. The van der Waals surface area contributed by atoms with Crippen molar-refractivity contribution in [2.24, 2.45) is 40.3 Å². The molecule has 0 fully saturated rings. The molecule has 0 bridgehead atoms. The summed E-state index contributed by atoms with van der Waals surface area (Å²) in [5.41, 5.74) is 33.3. The molecule has 32 heteroatoms. The minimum atomic E-state index is -2.11. The summed E-state index contributed by atoms with van der Waals surface area (Å²) in [7, 11) is 0. The van der Waals surface area contributed by atoms with E-state index in [-0.39, 0.29) is 31.4 Å². The van der Waals surface area contributed by atoms with Gasteiger partial charge in [0.25, 0.3) is 0 Å². The Morgan fingerprint density at radius 2 is 0.741 bits per heavy atom. The minimum Gasteiger partial charge on any atom is -0.508 e. The third kappa shape index (κ3) is 25.1. The normalized spacial score (nSPS) is 14.2. The number of primary amides is 5. The third-order valence-corrected chi connectivity index (χ3v) is 11.6. The maximum atomic E-state index is 13.9. The third-order valence-electron chi connectivity index (χ3n) is 11.6. The van der Waals surface area contributed by atoms with Crippen LogP contribution in [0.25, 0.3) is 0 Å². The van der Waals surface area contributed by atoms with E-state index in [2.05, 4.69) is 42.5 Å². The van der Waals surface area contributed by atoms with Crippen molar-refractivity contribution in [3.05, 3.63) is 65.7 Å². The van der Waals surface area contributed by atoms with Crippen LogP contribution in [0.5, 0.6) is 5.75 Å². The van der Waals surface area contributed by atoms with E-state index in [0.29, 0.717) is 11.1 Å². The summed E-state index contributed by atoms with van der Waals surface area (Å²) in [5.74, 6) is -19.6. The van der Waals surface area contributed by atoms with Crippen LogP contribution >= 0.6 is 0 Å². The van der Waals surface area contributed by atoms with Gasteiger partial charge in [0, 0.05) is 25.7 Å². The van der Waals surface area contributed by atoms with Crippen LogP contribution in [-0.4, -0.2) is 158 Å². The Kier molecular flexibility index (Phi) is 27.3. The number of phenolic OH excluding ortho intramolecular Hbond substituents is 1. The molecule has 0 spiro atoms. The first-order valence-corrected chi connectivity index (χ1v) is 24.7. The number of hydrogen-bond acceptors (Lipinski definition) is 17. The molecule has 9 atom stereocenters. The van der Waals surface area contributed by atoms with Gasteiger partial charge < -0.3 is 92.3 Å². The molecule has 442 valence electrons. The molecule has 0 radical (unpaired) electrons. The number of phenols is 1. The number of nitrogens with two attached hydrogens (primary N) is 6. The number of nitrogens with one attached hydrogen (secondary N) is 8. The SMILES string of the molecule is CC(C)[C@H](NC(=O)[C@H](Cc1ccccc1)NC(=O)[C@H](CC(N)=O)NC(=O)[C@H](CC(N)=O)NC(=O)[C@H](CCC(=O)O)NC(=O)[C@H](CC(N)=O)NC(=O)[C@H](CC(N)=O)NC(=O)[C@H](Cc1ccc(O)cc1)NC(=O)[C@@H](N)CCC(N)=O)C(=O)O. The molecule has 2 aromatic carbocycles. The summed E-state index contributed by atoms with van der Waals surface area (Å²) in [4.78, 5) is 194. The topological polar surface area (TPSA) is 569 Å². The van der Waals surface area contributed by atoms with Crippen LogP contribution in [0, 0.1) is 5.92 Å².